The van der Waals surface area contributed by atoms with E-state index in [1.165, 1.54) is 17.7 Å². The van der Waals surface area contributed by atoms with Crippen molar-refractivity contribution in [2.75, 3.05) is 6.54 Å². The predicted molar refractivity (Wildman–Crippen MR) is 103 cm³/mol. The Morgan fingerprint density at radius 1 is 1.42 bits per heavy atom. The molecule has 1 aliphatic carbocycles. The van der Waals surface area contributed by atoms with Gasteiger partial charge in [-0.05, 0) is 56.3 Å². The van der Waals surface area contributed by atoms with E-state index in [2.05, 4.69) is 14.9 Å². The summed E-state index contributed by atoms with van der Waals surface area (Å²) in [5.41, 5.74) is 4.66. The van der Waals surface area contributed by atoms with Gasteiger partial charge in [-0.3, -0.25) is 9.78 Å². The Morgan fingerprint density at radius 3 is 3.15 bits per heavy atom. The number of piperidine rings is 1. The molecule has 2 aliphatic rings. The Morgan fingerprint density at radius 2 is 2.35 bits per heavy atom. The van der Waals surface area contributed by atoms with Gasteiger partial charge in [-0.25, -0.2) is 4.98 Å². The standard InChI is InChI=1S/C20H22N4OS/c1-12(25)13-2-3-17-19(6-13)24(10-15-9-21-11-26-15)20(23-17)7-14-4-5-22-18-8-16(14)18/h2-3,6,9,11,14,16,18,22H,4-5,7-8,10H2,1H3. The summed E-state index contributed by atoms with van der Waals surface area (Å²) in [6.45, 7) is 3.51. The molecule has 5 nitrogen and oxygen atoms in total. The second-order valence-electron chi connectivity index (χ2n) is 7.55. The maximum absolute atomic E-state index is 11.8. The number of nitrogens with one attached hydrogen (secondary N) is 1. The van der Waals surface area contributed by atoms with Gasteiger partial charge in [-0.15, -0.1) is 11.3 Å². The van der Waals surface area contributed by atoms with Crippen LogP contribution in [0.5, 0.6) is 0 Å². The Hall–Kier alpha value is -2.05. The maximum Gasteiger partial charge on any atom is 0.159 e. The van der Waals surface area contributed by atoms with Gasteiger partial charge in [0, 0.05) is 29.1 Å². The molecular weight excluding hydrogens is 344 g/mol. The van der Waals surface area contributed by atoms with E-state index >= 15 is 0 Å². The highest BCUT2D eigenvalue weighted by Crippen LogP contribution is 2.43. The summed E-state index contributed by atoms with van der Waals surface area (Å²) in [5.74, 6) is 2.77. The minimum Gasteiger partial charge on any atom is -0.323 e. The Kier molecular flexibility index (Phi) is 3.90. The first kappa shape index (κ1) is 16.1. The van der Waals surface area contributed by atoms with Crippen LogP contribution in [-0.4, -0.2) is 32.9 Å². The molecule has 3 unspecified atom stereocenters. The number of ketones is 1. The summed E-state index contributed by atoms with van der Waals surface area (Å²) >= 11 is 1.67. The molecule has 3 atom stereocenters. The van der Waals surface area contributed by atoms with E-state index < -0.39 is 0 Å². The number of hydrogen-bond donors (Lipinski definition) is 1. The normalized spacial score (nSPS) is 24.6. The van der Waals surface area contributed by atoms with Crippen LogP contribution in [0.2, 0.25) is 0 Å². The highest BCUT2D eigenvalue weighted by molar-refractivity contribution is 7.09. The first-order valence-electron chi connectivity index (χ1n) is 9.30. The van der Waals surface area contributed by atoms with Crippen molar-refractivity contribution >= 4 is 28.2 Å². The largest absolute Gasteiger partial charge is 0.323 e. The third kappa shape index (κ3) is 2.87. The fourth-order valence-electron chi connectivity index (χ4n) is 4.33. The average Bonchev–Trinajstić information content (AvgIpc) is 3.12. The van der Waals surface area contributed by atoms with Crippen LogP contribution < -0.4 is 5.32 Å². The van der Waals surface area contributed by atoms with E-state index in [1.54, 1.807) is 18.3 Å². The van der Waals surface area contributed by atoms with E-state index in [1.807, 2.05) is 29.9 Å². The average molecular weight is 366 g/mol. The zero-order valence-electron chi connectivity index (χ0n) is 14.8. The van der Waals surface area contributed by atoms with Crippen LogP contribution in [0.3, 0.4) is 0 Å². The number of benzene rings is 1. The monoisotopic (exact) mass is 366 g/mol. The minimum atomic E-state index is 0.0955. The van der Waals surface area contributed by atoms with Crippen molar-refractivity contribution in [2.24, 2.45) is 11.8 Å². The zero-order chi connectivity index (χ0) is 17.7. The van der Waals surface area contributed by atoms with Crippen LogP contribution in [0.15, 0.2) is 29.9 Å². The van der Waals surface area contributed by atoms with Crippen LogP contribution in [0.25, 0.3) is 11.0 Å². The highest BCUT2D eigenvalue weighted by Gasteiger charge is 2.45. The molecule has 0 spiro atoms. The van der Waals surface area contributed by atoms with Crippen molar-refractivity contribution in [1.29, 1.82) is 0 Å². The lowest BCUT2D eigenvalue weighted by molar-refractivity contribution is 0.101. The Bertz CT molecular complexity index is 962. The van der Waals surface area contributed by atoms with Crippen LogP contribution in [0.1, 0.15) is 40.8 Å². The van der Waals surface area contributed by atoms with Gasteiger partial charge in [0.1, 0.15) is 5.82 Å². The van der Waals surface area contributed by atoms with Crippen molar-refractivity contribution in [1.82, 2.24) is 19.9 Å². The molecule has 0 bridgehead atoms. The topological polar surface area (TPSA) is 59.8 Å². The number of hydrogen-bond acceptors (Lipinski definition) is 5. The van der Waals surface area contributed by atoms with E-state index in [9.17, 15) is 4.79 Å². The molecule has 0 amide bonds. The van der Waals surface area contributed by atoms with E-state index in [4.69, 9.17) is 4.98 Å². The summed E-state index contributed by atoms with van der Waals surface area (Å²) in [5, 5.41) is 3.60. The fourth-order valence-corrected chi connectivity index (χ4v) is 4.91. The Balaban J connectivity index is 1.55. The lowest BCUT2D eigenvalue weighted by Gasteiger charge is -2.22. The summed E-state index contributed by atoms with van der Waals surface area (Å²) in [6.07, 6.45) is 5.49. The van der Waals surface area contributed by atoms with Gasteiger partial charge in [-0.1, -0.05) is 0 Å². The highest BCUT2D eigenvalue weighted by atomic mass is 32.1. The van der Waals surface area contributed by atoms with Crippen molar-refractivity contribution in [3.8, 4) is 0 Å². The predicted octanol–water partition coefficient (Wildman–Crippen LogP) is 3.28. The van der Waals surface area contributed by atoms with Crippen LogP contribution in [0.4, 0.5) is 0 Å². The molecule has 1 N–H and O–H groups in total. The maximum atomic E-state index is 11.8. The number of aromatic nitrogens is 3. The SMILES string of the molecule is CC(=O)c1ccc2nc(CC3CCNC4CC34)n(Cc3cncs3)c2c1. The minimum absolute atomic E-state index is 0.0955. The van der Waals surface area contributed by atoms with Gasteiger partial charge in [0.05, 0.1) is 23.1 Å². The van der Waals surface area contributed by atoms with Crippen molar-refractivity contribution in [2.45, 2.75) is 38.8 Å². The number of nitrogens with zero attached hydrogens (tertiary/aromatic N) is 3. The van der Waals surface area contributed by atoms with Crippen molar-refractivity contribution in [3.05, 3.63) is 46.2 Å². The van der Waals surface area contributed by atoms with Crippen molar-refractivity contribution < 1.29 is 4.79 Å². The number of imidazole rings is 1. The zero-order valence-corrected chi connectivity index (χ0v) is 15.6. The molecule has 134 valence electrons. The first-order chi connectivity index (χ1) is 12.7. The quantitative estimate of drug-likeness (QED) is 0.704. The lowest BCUT2D eigenvalue weighted by atomic mass is 9.93. The van der Waals surface area contributed by atoms with Gasteiger partial charge in [0.15, 0.2) is 5.78 Å². The van der Waals surface area contributed by atoms with E-state index in [0.29, 0.717) is 5.92 Å². The van der Waals surface area contributed by atoms with Gasteiger partial charge in [0.25, 0.3) is 0 Å². The van der Waals surface area contributed by atoms with E-state index in [-0.39, 0.29) is 5.78 Å². The molecule has 2 aromatic heterocycles. The fraction of sp³-hybridized carbons (Fsp3) is 0.450. The van der Waals surface area contributed by atoms with Crippen molar-refractivity contribution in [3.63, 3.8) is 0 Å². The summed E-state index contributed by atoms with van der Waals surface area (Å²) in [6, 6.07) is 6.61. The third-order valence-corrected chi connectivity index (χ3v) is 6.61. The molecule has 6 heteroatoms. The second kappa shape index (κ2) is 6.28. The lowest BCUT2D eigenvalue weighted by Crippen LogP contribution is -2.31. The van der Waals surface area contributed by atoms with Crippen LogP contribution in [0, 0.1) is 11.8 Å². The molecular formula is C20H22N4OS. The summed E-state index contributed by atoms with van der Waals surface area (Å²) < 4.78 is 2.30. The molecule has 5 rings (SSSR count). The van der Waals surface area contributed by atoms with Crippen LogP contribution >= 0.6 is 11.3 Å². The van der Waals surface area contributed by atoms with Crippen LogP contribution in [-0.2, 0) is 13.0 Å². The first-order valence-corrected chi connectivity index (χ1v) is 10.2. The molecule has 2 fully saturated rings. The molecule has 3 aromatic rings. The summed E-state index contributed by atoms with van der Waals surface area (Å²) in [4.78, 5) is 22.2. The molecule has 1 saturated heterocycles. The smallest absolute Gasteiger partial charge is 0.159 e. The van der Waals surface area contributed by atoms with Gasteiger partial charge in [0.2, 0.25) is 0 Å². The molecule has 1 saturated carbocycles. The van der Waals surface area contributed by atoms with Gasteiger partial charge in [-0.2, -0.15) is 0 Å². The van der Waals surface area contributed by atoms with E-state index in [0.717, 1.165) is 53.9 Å². The number of thiazole rings is 1. The molecule has 1 aliphatic heterocycles. The number of fused-ring (bicyclic) bond motifs is 2. The Labute approximate surface area is 156 Å². The third-order valence-electron chi connectivity index (χ3n) is 5.84. The second-order valence-corrected chi connectivity index (χ2v) is 8.53. The molecule has 3 heterocycles. The van der Waals surface area contributed by atoms with Gasteiger partial charge < -0.3 is 9.88 Å². The number of carbonyl (C=O) groups excluding carboxylic acids is 1. The van der Waals surface area contributed by atoms with Gasteiger partial charge >= 0.3 is 0 Å². The number of Topliss-reactive ketones (excluding diaryl/α,β-unsaturated/α-hetero) is 1. The molecule has 0 radical (unpaired) electrons. The number of carbonyl (C=O) groups is 1. The molecule has 1 aromatic carbocycles. The number of rotatable bonds is 5. The molecule has 26 heavy (non-hydrogen) atoms. The summed E-state index contributed by atoms with van der Waals surface area (Å²) in [7, 11) is 0.